The van der Waals surface area contributed by atoms with Gasteiger partial charge in [0.05, 0.1) is 11.0 Å². The molecule has 0 aliphatic rings. The molecule has 8 heteroatoms. The number of hydrogen-bond donors (Lipinski definition) is 3. The molecule has 1 aromatic carbocycles. The van der Waals surface area contributed by atoms with Crippen LogP contribution in [-0.4, -0.2) is 36.7 Å². The zero-order valence-electron chi connectivity index (χ0n) is 10.3. The molecule has 6 nitrogen and oxygen atoms in total. The van der Waals surface area contributed by atoms with Gasteiger partial charge in [-0.1, -0.05) is 11.6 Å². The van der Waals surface area contributed by atoms with Gasteiger partial charge in [0.1, 0.15) is 6.04 Å². The first-order valence-corrected chi connectivity index (χ1v) is 7.20. The Kier molecular flexibility index (Phi) is 4.92. The van der Waals surface area contributed by atoms with Crippen LogP contribution in [0.3, 0.4) is 0 Å². The second-order valence-electron chi connectivity index (χ2n) is 4.09. The molecule has 1 rings (SSSR count). The van der Waals surface area contributed by atoms with Crippen molar-refractivity contribution in [3.63, 3.8) is 0 Å². The maximum atomic E-state index is 12.1. The highest BCUT2D eigenvalue weighted by atomic mass is 35.5. The van der Waals surface area contributed by atoms with E-state index in [1.165, 1.54) is 25.1 Å². The van der Waals surface area contributed by atoms with Gasteiger partial charge < -0.3 is 10.2 Å². The number of carboxylic acids is 1. The van der Waals surface area contributed by atoms with Crippen molar-refractivity contribution in [2.75, 3.05) is 0 Å². The summed E-state index contributed by atoms with van der Waals surface area (Å²) in [5.74, 6) is -1.45. The van der Waals surface area contributed by atoms with Crippen molar-refractivity contribution in [2.24, 2.45) is 0 Å². The average Bonchev–Trinajstić information content (AvgIpc) is 2.24. The molecule has 0 aliphatic carbocycles. The van der Waals surface area contributed by atoms with Gasteiger partial charge in [0.2, 0.25) is 10.0 Å². The van der Waals surface area contributed by atoms with Crippen LogP contribution >= 0.6 is 11.6 Å². The molecule has 2 atom stereocenters. The summed E-state index contributed by atoms with van der Waals surface area (Å²) in [7, 11) is -4.05. The lowest BCUT2D eigenvalue weighted by atomic mass is 10.2. The Morgan fingerprint density at radius 3 is 2.42 bits per heavy atom. The number of aryl methyl sites for hydroxylation is 1. The van der Waals surface area contributed by atoms with Gasteiger partial charge in [0.15, 0.2) is 0 Å². The van der Waals surface area contributed by atoms with E-state index in [9.17, 15) is 18.3 Å². The number of hydrogen-bond acceptors (Lipinski definition) is 4. The second kappa shape index (κ2) is 5.87. The van der Waals surface area contributed by atoms with E-state index in [1.54, 1.807) is 6.92 Å². The van der Waals surface area contributed by atoms with E-state index in [0.717, 1.165) is 0 Å². The Hall–Kier alpha value is -1.15. The molecular weight excluding hydrogens is 294 g/mol. The summed E-state index contributed by atoms with van der Waals surface area (Å²) in [5.41, 5.74) is 0.384. The fourth-order valence-electron chi connectivity index (χ4n) is 1.50. The van der Waals surface area contributed by atoms with E-state index in [2.05, 4.69) is 0 Å². The van der Waals surface area contributed by atoms with Crippen molar-refractivity contribution in [1.82, 2.24) is 4.72 Å². The van der Waals surface area contributed by atoms with Crippen molar-refractivity contribution in [3.05, 3.63) is 28.8 Å². The number of aliphatic hydroxyl groups excluding tert-OH is 1. The van der Waals surface area contributed by atoms with E-state index in [-0.39, 0.29) is 4.90 Å². The molecule has 0 spiro atoms. The van der Waals surface area contributed by atoms with Crippen molar-refractivity contribution in [1.29, 1.82) is 0 Å². The van der Waals surface area contributed by atoms with Gasteiger partial charge in [-0.15, -0.1) is 0 Å². The van der Waals surface area contributed by atoms with Gasteiger partial charge in [0.25, 0.3) is 0 Å². The van der Waals surface area contributed by atoms with Gasteiger partial charge in [-0.2, -0.15) is 4.72 Å². The van der Waals surface area contributed by atoms with Crippen LogP contribution in [-0.2, 0) is 14.8 Å². The molecule has 2 unspecified atom stereocenters. The molecule has 19 heavy (non-hydrogen) atoms. The fourth-order valence-corrected chi connectivity index (χ4v) is 3.22. The van der Waals surface area contributed by atoms with E-state index in [0.29, 0.717) is 10.6 Å². The van der Waals surface area contributed by atoms with Crippen LogP contribution < -0.4 is 4.72 Å². The normalized spacial score (nSPS) is 14.9. The Labute approximate surface area is 116 Å². The number of aliphatic carboxylic acids is 1. The smallest absolute Gasteiger partial charge is 0.324 e. The molecule has 0 amide bonds. The van der Waals surface area contributed by atoms with Crippen molar-refractivity contribution in [3.8, 4) is 0 Å². The molecule has 0 aliphatic heterocycles. The third kappa shape index (κ3) is 3.90. The minimum Gasteiger partial charge on any atom is -0.480 e. The number of sulfonamides is 1. The Morgan fingerprint density at radius 2 is 2.00 bits per heavy atom. The van der Waals surface area contributed by atoms with Crippen LogP contribution in [0.15, 0.2) is 23.1 Å². The highest BCUT2D eigenvalue weighted by Gasteiger charge is 2.29. The monoisotopic (exact) mass is 307 g/mol. The zero-order valence-corrected chi connectivity index (χ0v) is 11.9. The molecule has 1 aromatic rings. The topological polar surface area (TPSA) is 104 Å². The van der Waals surface area contributed by atoms with Crippen LogP contribution in [0.5, 0.6) is 0 Å². The summed E-state index contributed by atoms with van der Waals surface area (Å²) in [4.78, 5) is 10.8. The number of rotatable bonds is 5. The molecule has 106 valence electrons. The predicted molar refractivity (Wildman–Crippen MR) is 69.6 cm³/mol. The van der Waals surface area contributed by atoms with Crippen molar-refractivity contribution < 1.29 is 23.4 Å². The van der Waals surface area contributed by atoms with Gasteiger partial charge in [0, 0.05) is 5.02 Å². The standard InChI is InChI=1S/C11H14ClNO5S/c1-6-5-8(12)3-4-9(6)19(17,18)13-10(7(2)14)11(15)16/h3-5,7,10,13-14H,1-2H3,(H,15,16). The fraction of sp³-hybridized carbons (Fsp3) is 0.364. The predicted octanol–water partition coefficient (Wildman–Crippen LogP) is 0.761. The van der Waals surface area contributed by atoms with Crippen LogP contribution in [0, 0.1) is 6.92 Å². The Balaban J connectivity index is 3.14. The van der Waals surface area contributed by atoms with Gasteiger partial charge >= 0.3 is 5.97 Å². The minimum absolute atomic E-state index is 0.0798. The second-order valence-corrected chi connectivity index (χ2v) is 6.21. The Bertz CT molecular complexity index is 585. The maximum Gasteiger partial charge on any atom is 0.324 e. The lowest BCUT2D eigenvalue weighted by Crippen LogP contribution is -2.47. The minimum atomic E-state index is -4.05. The Morgan fingerprint density at radius 1 is 1.42 bits per heavy atom. The molecule has 0 aromatic heterocycles. The summed E-state index contributed by atoms with van der Waals surface area (Å²) in [6.45, 7) is 2.73. The van der Waals surface area contributed by atoms with Gasteiger partial charge in [-0.05, 0) is 37.6 Å². The number of aliphatic hydroxyl groups is 1. The SMILES string of the molecule is Cc1cc(Cl)ccc1S(=O)(=O)NC(C(=O)O)C(C)O. The number of halogens is 1. The number of nitrogens with one attached hydrogen (secondary N) is 1. The third-order valence-corrected chi connectivity index (χ3v) is 4.29. The summed E-state index contributed by atoms with van der Waals surface area (Å²) >= 11 is 5.72. The summed E-state index contributed by atoms with van der Waals surface area (Å²) in [6.07, 6.45) is -1.36. The summed E-state index contributed by atoms with van der Waals surface area (Å²) in [6, 6.07) is 2.51. The van der Waals surface area contributed by atoms with Gasteiger partial charge in [-0.25, -0.2) is 8.42 Å². The highest BCUT2D eigenvalue weighted by Crippen LogP contribution is 2.20. The largest absolute Gasteiger partial charge is 0.480 e. The third-order valence-electron chi connectivity index (χ3n) is 2.46. The number of benzene rings is 1. The quantitative estimate of drug-likeness (QED) is 0.745. The zero-order chi connectivity index (χ0) is 14.8. The molecule has 0 bridgehead atoms. The average molecular weight is 308 g/mol. The first kappa shape index (κ1) is 15.9. The molecule has 0 saturated carbocycles. The van der Waals surface area contributed by atoms with E-state index in [1.807, 2.05) is 4.72 Å². The first-order chi connectivity index (χ1) is 8.65. The van der Waals surface area contributed by atoms with Crippen LogP contribution in [0.25, 0.3) is 0 Å². The summed E-state index contributed by atoms with van der Waals surface area (Å²) in [5, 5.41) is 18.5. The highest BCUT2D eigenvalue weighted by molar-refractivity contribution is 7.89. The summed E-state index contributed by atoms with van der Waals surface area (Å²) < 4.78 is 26.1. The van der Waals surface area contributed by atoms with E-state index < -0.39 is 28.1 Å². The molecule has 0 heterocycles. The van der Waals surface area contributed by atoms with Gasteiger partial charge in [-0.3, -0.25) is 4.79 Å². The van der Waals surface area contributed by atoms with E-state index in [4.69, 9.17) is 16.7 Å². The maximum absolute atomic E-state index is 12.1. The number of carboxylic acid groups (broad SMARTS) is 1. The molecule has 3 N–H and O–H groups in total. The first-order valence-electron chi connectivity index (χ1n) is 5.34. The molecule has 0 radical (unpaired) electrons. The van der Waals surface area contributed by atoms with Crippen molar-refractivity contribution >= 4 is 27.6 Å². The molecular formula is C11H14ClNO5S. The molecule has 0 saturated heterocycles. The van der Waals surface area contributed by atoms with E-state index >= 15 is 0 Å². The molecule has 0 fully saturated rings. The lowest BCUT2D eigenvalue weighted by molar-refractivity contribution is -0.141. The van der Waals surface area contributed by atoms with Crippen LogP contribution in [0.4, 0.5) is 0 Å². The number of carbonyl (C=O) groups is 1. The van der Waals surface area contributed by atoms with Crippen LogP contribution in [0.2, 0.25) is 5.02 Å². The lowest BCUT2D eigenvalue weighted by Gasteiger charge is -2.18. The van der Waals surface area contributed by atoms with Crippen molar-refractivity contribution in [2.45, 2.75) is 30.9 Å². The van der Waals surface area contributed by atoms with Crippen LogP contribution in [0.1, 0.15) is 12.5 Å².